The molecule has 0 aromatic carbocycles. The molecule has 0 radical (unpaired) electrons. The summed E-state index contributed by atoms with van der Waals surface area (Å²) in [6.45, 7) is 5.64. The summed E-state index contributed by atoms with van der Waals surface area (Å²) in [5, 5.41) is 0. The molecule has 0 saturated carbocycles. The highest BCUT2D eigenvalue weighted by molar-refractivity contribution is 5.83. The minimum atomic E-state index is 0.824. The van der Waals surface area contributed by atoms with Gasteiger partial charge >= 0.3 is 0 Å². The van der Waals surface area contributed by atoms with Crippen LogP contribution in [0.2, 0.25) is 0 Å². The first kappa shape index (κ1) is 16.2. The van der Waals surface area contributed by atoms with Crippen LogP contribution in [0.4, 0.5) is 17.6 Å². The van der Waals surface area contributed by atoms with Crippen LogP contribution < -0.4 is 14.7 Å². The Labute approximate surface area is 157 Å². The molecule has 0 atom stereocenters. The Bertz CT molecular complexity index is 939. The van der Waals surface area contributed by atoms with Crippen molar-refractivity contribution in [1.82, 2.24) is 29.5 Å². The minimum absolute atomic E-state index is 0.824. The van der Waals surface area contributed by atoms with Crippen LogP contribution in [-0.4, -0.2) is 68.8 Å². The van der Waals surface area contributed by atoms with Crippen molar-refractivity contribution in [2.45, 2.75) is 12.8 Å². The van der Waals surface area contributed by atoms with Gasteiger partial charge in [-0.05, 0) is 18.9 Å². The molecule has 0 bridgehead atoms. The van der Waals surface area contributed by atoms with Gasteiger partial charge in [0.25, 0.3) is 0 Å². The number of aromatic nitrogens is 6. The largest absolute Gasteiger partial charge is 0.356 e. The molecule has 2 aliphatic rings. The maximum atomic E-state index is 4.81. The quantitative estimate of drug-likeness (QED) is 0.682. The number of hydrogen-bond acceptors (Lipinski definition) is 8. The highest BCUT2D eigenvalue weighted by atomic mass is 15.4. The summed E-state index contributed by atoms with van der Waals surface area (Å²) in [7, 11) is 1.95. The Morgan fingerprint density at radius 3 is 2.41 bits per heavy atom. The van der Waals surface area contributed by atoms with Crippen molar-refractivity contribution in [3.8, 4) is 0 Å². The van der Waals surface area contributed by atoms with E-state index in [0.29, 0.717) is 0 Å². The third-order valence-corrected chi connectivity index (χ3v) is 5.40. The van der Waals surface area contributed by atoms with Crippen molar-refractivity contribution >= 4 is 28.7 Å². The van der Waals surface area contributed by atoms with Gasteiger partial charge in [-0.3, -0.25) is 0 Å². The zero-order valence-electron chi connectivity index (χ0n) is 15.5. The Morgan fingerprint density at radius 1 is 0.815 bits per heavy atom. The van der Waals surface area contributed by atoms with Gasteiger partial charge in [-0.15, -0.1) is 0 Å². The van der Waals surface area contributed by atoms with Crippen LogP contribution in [0, 0.1) is 0 Å². The summed E-state index contributed by atoms with van der Waals surface area (Å²) in [6.07, 6.45) is 7.78. The van der Waals surface area contributed by atoms with Crippen molar-refractivity contribution in [3.05, 3.63) is 24.9 Å². The van der Waals surface area contributed by atoms with Crippen LogP contribution in [-0.2, 0) is 7.05 Å². The maximum Gasteiger partial charge on any atom is 0.227 e. The molecule has 0 spiro atoms. The molecule has 0 amide bonds. The molecule has 2 aliphatic heterocycles. The van der Waals surface area contributed by atoms with Crippen LogP contribution >= 0.6 is 0 Å². The first-order valence-corrected chi connectivity index (χ1v) is 9.49. The van der Waals surface area contributed by atoms with Gasteiger partial charge in [0.15, 0.2) is 17.0 Å². The van der Waals surface area contributed by atoms with Crippen molar-refractivity contribution in [1.29, 1.82) is 0 Å². The number of aryl methyl sites for hydroxylation is 1. The Balaban J connectivity index is 1.32. The van der Waals surface area contributed by atoms with Crippen LogP contribution in [0.3, 0.4) is 0 Å². The summed E-state index contributed by atoms with van der Waals surface area (Å²) in [5.41, 5.74) is 1.73. The summed E-state index contributed by atoms with van der Waals surface area (Å²) in [5.74, 6) is 2.78. The number of imidazole rings is 1. The molecule has 2 fully saturated rings. The number of anilines is 3. The second kappa shape index (κ2) is 6.64. The molecule has 3 aromatic rings. The Hall–Kier alpha value is -2.97. The van der Waals surface area contributed by atoms with Crippen LogP contribution in [0.1, 0.15) is 12.8 Å². The number of hydrogen-bond donors (Lipinski definition) is 0. The van der Waals surface area contributed by atoms with E-state index in [9.17, 15) is 0 Å². The van der Waals surface area contributed by atoms with Crippen LogP contribution in [0.25, 0.3) is 11.2 Å². The van der Waals surface area contributed by atoms with Crippen LogP contribution in [0.15, 0.2) is 24.9 Å². The number of fused-ring (bicyclic) bond motifs is 1. The molecular weight excluding hydrogens is 342 g/mol. The Morgan fingerprint density at radius 2 is 1.59 bits per heavy atom. The standard InChI is InChI=1S/C18H23N9/c1-24-13-22-15-16(24)20-12-21-17(15)26-8-10-27(11-9-26)18-19-5-4-14(23-18)25-6-2-3-7-25/h4-5,12-13H,2-3,6-11H2,1H3. The third-order valence-electron chi connectivity index (χ3n) is 5.40. The lowest BCUT2D eigenvalue weighted by molar-refractivity contribution is 0.635. The maximum absolute atomic E-state index is 4.81. The van der Waals surface area contributed by atoms with E-state index in [4.69, 9.17) is 4.98 Å². The van der Waals surface area contributed by atoms with E-state index in [-0.39, 0.29) is 0 Å². The fourth-order valence-corrected chi connectivity index (χ4v) is 3.90. The molecule has 5 rings (SSSR count). The Kier molecular flexibility index (Phi) is 3.99. The monoisotopic (exact) mass is 365 g/mol. The van der Waals surface area contributed by atoms with Gasteiger partial charge < -0.3 is 19.3 Å². The average Bonchev–Trinajstić information content (AvgIpc) is 3.39. The molecule has 0 N–H and O–H groups in total. The van der Waals surface area contributed by atoms with E-state index < -0.39 is 0 Å². The summed E-state index contributed by atoms with van der Waals surface area (Å²) >= 11 is 0. The van der Waals surface area contributed by atoms with Crippen molar-refractivity contribution in [2.75, 3.05) is 54.0 Å². The molecule has 5 heterocycles. The molecule has 9 heteroatoms. The molecule has 9 nitrogen and oxygen atoms in total. The zero-order valence-corrected chi connectivity index (χ0v) is 15.5. The lowest BCUT2D eigenvalue weighted by atomic mass is 10.3. The fraction of sp³-hybridized carbons (Fsp3) is 0.500. The molecule has 0 aliphatic carbocycles. The minimum Gasteiger partial charge on any atom is -0.356 e. The first-order valence-electron chi connectivity index (χ1n) is 9.49. The summed E-state index contributed by atoms with van der Waals surface area (Å²) in [4.78, 5) is 29.5. The van der Waals surface area contributed by atoms with Crippen molar-refractivity contribution in [3.63, 3.8) is 0 Å². The first-order chi connectivity index (χ1) is 13.3. The average molecular weight is 365 g/mol. The van der Waals surface area contributed by atoms with E-state index in [1.165, 1.54) is 12.8 Å². The molecule has 0 unspecified atom stereocenters. The van der Waals surface area contributed by atoms with Gasteiger partial charge in [-0.25, -0.2) is 19.9 Å². The number of piperazine rings is 1. The van der Waals surface area contributed by atoms with Gasteiger partial charge in [-0.2, -0.15) is 4.98 Å². The predicted octanol–water partition coefficient (Wildman–Crippen LogP) is 1.08. The van der Waals surface area contributed by atoms with E-state index in [1.54, 1.807) is 12.7 Å². The fourth-order valence-electron chi connectivity index (χ4n) is 3.90. The smallest absolute Gasteiger partial charge is 0.227 e. The highest BCUT2D eigenvalue weighted by Crippen LogP contribution is 2.24. The lowest BCUT2D eigenvalue weighted by Crippen LogP contribution is -2.47. The van der Waals surface area contributed by atoms with Gasteiger partial charge in [-0.1, -0.05) is 0 Å². The van der Waals surface area contributed by atoms with Gasteiger partial charge in [0.1, 0.15) is 12.1 Å². The SMILES string of the molecule is Cn1cnc2c(N3CCN(c4nccc(N5CCCC5)n4)CC3)ncnc21. The second-order valence-corrected chi connectivity index (χ2v) is 7.11. The van der Waals surface area contributed by atoms with Crippen molar-refractivity contribution < 1.29 is 0 Å². The second-order valence-electron chi connectivity index (χ2n) is 7.11. The molecule has 2 saturated heterocycles. The lowest BCUT2D eigenvalue weighted by Gasteiger charge is -2.35. The molecule has 27 heavy (non-hydrogen) atoms. The van der Waals surface area contributed by atoms with Gasteiger partial charge in [0.2, 0.25) is 5.95 Å². The molecular formula is C18H23N9. The number of nitrogens with zero attached hydrogens (tertiary/aromatic N) is 9. The normalized spacial score (nSPS) is 17.9. The number of rotatable bonds is 3. The van der Waals surface area contributed by atoms with E-state index in [1.807, 2.05) is 23.9 Å². The van der Waals surface area contributed by atoms with Crippen LogP contribution in [0.5, 0.6) is 0 Å². The van der Waals surface area contributed by atoms with E-state index in [2.05, 4.69) is 34.6 Å². The predicted molar refractivity (Wildman–Crippen MR) is 104 cm³/mol. The summed E-state index contributed by atoms with van der Waals surface area (Å²) in [6, 6.07) is 2.02. The topological polar surface area (TPSA) is 79.1 Å². The van der Waals surface area contributed by atoms with Gasteiger partial charge in [0, 0.05) is 52.5 Å². The highest BCUT2D eigenvalue weighted by Gasteiger charge is 2.23. The molecule has 3 aromatic heterocycles. The summed E-state index contributed by atoms with van der Waals surface area (Å²) < 4.78 is 1.93. The van der Waals surface area contributed by atoms with Crippen molar-refractivity contribution in [2.24, 2.45) is 7.05 Å². The van der Waals surface area contributed by atoms with E-state index >= 15 is 0 Å². The van der Waals surface area contributed by atoms with E-state index in [0.717, 1.165) is 68.0 Å². The molecule has 140 valence electrons. The van der Waals surface area contributed by atoms with Gasteiger partial charge in [0.05, 0.1) is 6.33 Å². The third kappa shape index (κ3) is 2.92. The zero-order chi connectivity index (χ0) is 18.2.